The number of nitrogens with one attached hydrogen (secondary N) is 1. The molecule has 1 N–H and O–H groups in total. The summed E-state index contributed by atoms with van der Waals surface area (Å²) in [5.74, 6) is -0.305. The van der Waals surface area contributed by atoms with Crippen LogP contribution in [0.15, 0.2) is 42.5 Å². The number of hydrogen-bond acceptors (Lipinski definition) is 2. The monoisotopic (exact) mass is 306 g/mol. The van der Waals surface area contributed by atoms with Gasteiger partial charge in [-0.2, -0.15) is 0 Å². The second kappa shape index (κ2) is 7.55. The average molecular weight is 307 g/mol. The third-order valence-corrected chi connectivity index (χ3v) is 3.60. The first-order valence-corrected chi connectivity index (χ1v) is 7.30. The van der Waals surface area contributed by atoms with Crippen molar-refractivity contribution in [2.75, 3.05) is 14.1 Å². The molecule has 21 heavy (non-hydrogen) atoms. The normalized spacial score (nSPS) is 11.1. The quantitative estimate of drug-likeness (QED) is 0.872. The van der Waals surface area contributed by atoms with Crippen molar-refractivity contribution in [3.05, 3.63) is 70.0 Å². The van der Waals surface area contributed by atoms with E-state index in [0.29, 0.717) is 11.6 Å². The summed E-state index contributed by atoms with van der Waals surface area (Å²) in [6.07, 6.45) is 0. The summed E-state index contributed by atoms with van der Waals surface area (Å²) < 4.78 is 13.0. The van der Waals surface area contributed by atoms with E-state index in [1.165, 1.54) is 23.3 Å². The van der Waals surface area contributed by atoms with Gasteiger partial charge in [0, 0.05) is 24.7 Å². The molecule has 0 aliphatic carbocycles. The Morgan fingerprint density at radius 1 is 1.00 bits per heavy atom. The molecule has 0 unspecified atom stereocenters. The molecule has 0 amide bonds. The van der Waals surface area contributed by atoms with Crippen molar-refractivity contribution < 1.29 is 4.39 Å². The number of rotatable bonds is 6. The Kier molecular flexibility index (Phi) is 5.74. The fourth-order valence-corrected chi connectivity index (χ4v) is 2.46. The molecule has 4 heteroatoms. The van der Waals surface area contributed by atoms with Crippen LogP contribution in [0.3, 0.4) is 0 Å². The highest BCUT2D eigenvalue weighted by Crippen LogP contribution is 2.17. The van der Waals surface area contributed by atoms with E-state index in [1.54, 1.807) is 6.07 Å². The van der Waals surface area contributed by atoms with Crippen molar-refractivity contribution in [2.24, 2.45) is 0 Å². The molecule has 2 aromatic carbocycles. The van der Waals surface area contributed by atoms with Crippen LogP contribution in [0.25, 0.3) is 0 Å². The Hall–Kier alpha value is -1.42. The third kappa shape index (κ3) is 4.81. The topological polar surface area (TPSA) is 15.3 Å². The second-order valence-electron chi connectivity index (χ2n) is 5.35. The first-order valence-electron chi connectivity index (χ1n) is 6.92. The second-order valence-corrected chi connectivity index (χ2v) is 5.75. The summed E-state index contributed by atoms with van der Waals surface area (Å²) in [6, 6.07) is 12.9. The molecule has 0 bridgehead atoms. The summed E-state index contributed by atoms with van der Waals surface area (Å²) in [6.45, 7) is 2.29. The standard InChI is InChI=1S/C17H20ClFN2/c1-21(2)12-15-6-4-3-5-13(15)10-20-11-14-7-8-16(19)9-17(14)18/h3-9,20H,10-12H2,1-2H3. The lowest BCUT2D eigenvalue weighted by molar-refractivity contribution is 0.400. The molecule has 0 aromatic heterocycles. The summed E-state index contributed by atoms with van der Waals surface area (Å²) in [7, 11) is 4.12. The van der Waals surface area contributed by atoms with Crippen molar-refractivity contribution >= 4 is 11.6 Å². The minimum Gasteiger partial charge on any atom is -0.309 e. The predicted molar refractivity (Wildman–Crippen MR) is 85.8 cm³/mol. The predicted octanol–water partition coefficient (Wildman–Crippen LogP) is 3.83. The zero-order valence-electron chi connectivity index (χ0n) is 12.4. The van der Waals surface area contributed by atoms with Crippen LogP contribution in [0.1, 0.15) is 16.7 Å². The lowest BCUT2D eigenvalue weighted by Crippen LogP contribution is -2.17. The molecule has 112 valence electrons. The van der Waals surface area contributed by atoms with Crippen molar-refractivity contribution in [3.63, 3.8) is 0 Å². The third-order valence-electron chi connectivity index (χ3n) is 3.25. The van der Waals surface area contributed by atoms with Gasteiger partial charge in [0.05, 0.1) is 0 Å². The van der Waals surface area contributed by atoms with Crippen LogP contribution in [-0.2, 0) is 19.6 Å². The van der Waals surface area contributed by atoms with Crippen LogP contribution in [-0.4, -0.2) is 19.0 Å². The SMILES string of the molecule is CN(C)Cc1ccccc1CNCc1ccc(F)cc1Cl. The van der Waals surface area contributed by atoms with E-state index in [1.807, 2.05) is 6.07 Å². The van der Waals surface area contributed by atoms with Crippen LogP contribution in [0.5, 0.6) is 0 Å². The van der Waals surface area contributed by atoms with E-state index in [0.717, 1.165) is 18.7 Å². The van der Waals surface area contributed by atoms with Gasteiger partial charge in [-0.1, -0.05) is 41.9 Å². The molecular formula is C17H20ClFN2. The molecule has 0 aliphatic heterocycles. The Morgan fingerprint density at radius 2 is 1.67 bits per heavy atom. The fourth-order valence-electron chi connectivity index (χ4n) is 2.22. The highest BCUT2D eigenvalue weighted by atomic mass is 35.5. The van der Waals surface area contributed by atoms with Crippen LogP contribution in [0, 0.1) is 5.82 Å². The Balaban J connectivity index is 1.97. The van der Waals surface area contributed by atoms with E-state index >= 15 is 0 Å². The molecule has 0 saturated carbocycles. The lowest BCUT2D eigenvalue weighted by Gasteiger charge is -2.15. The maximum Gasteiger partial charge on any atom is 0.124 e. The zero-order chi connectivity index (χ0) is 15.2. The van der Waals surface area contributed by atoms with Crippen LogP contribution in [0.2, 0.25) is 5.02 Å². The molecule has 2 nitrogen and oxygen atoms in total. The van der Waals surface area contributed by atoms with Gasteiger partial charge in [-0.05, 0) is 42.9 Å². The van der Waals surface area contributed by atoms with E-state index in [2.05, 4.69) is 42.5 Å². The Labute approximate surface area is 130 Å². The van der Waals surface area contributed by atoms with Crippen molar-refractivity contribution in [1.82, 2.24) is 10.2 Å². The summed E-state index contributed by atoms with van der Waals surface area (Å²) >= 11 is 6.02. The Morgan fingerprint density at radius 3 is 2.33 bits per heavy atom. The lowest BCUT2D eigenvalue weighted by atomic mass is 10.1. The molecule has 0 radical (unpaired) electrons. The van der Waals surface area contributed by atoms with Gasteiger partial charge >= 0.3 is 0 Å². The largest absolute Gasteiger partial charge is 0.309 e. The van der Waals surface area contributed by atoms with E-state index in [9.17, 15) is 4.39 Å². The van der Waals surface area contributed by atoms with E-state index in [-0.39, 0.29) is 5.82 Å². The van der Waals surface area contributed by atoms with Crippen LogP contribution in [0.4, 0.5) is 4.39 Å². The number of halogens is 2. The highest BCUT2D eigenvalue weighted by Gasteiger charge is 2.05. The van der Waals surface area contributed by atoms with E-state index in [4.69, 9.17) is 11.6 Å². The highest BCUT2D eigenvalue weighted by molar-refractivity contribution is 6.31. The van der Waals surface area contributed by atoms with Gasteiger partial charge in [0.1, 0.15) is 5.82 Å². The maximum atomic E-state index is 13.0. The summed E-state index contributed by atoms with van der Waals surface area (Å²) in [5, 5.41) is 3.83. The molecule has 0 fully saturated rings. The van der Waals surface area contributed by atoms with Gasteiger partial charge < -0.3 is 10.2 Å². The minimum atomic E-state index is -0.305. The number of nitrogens with zero attached hydrogens (tertiary/aromatic N) is 1. The van der Waals surface area contributed by atoms with Gasteiger partial charge in [0.25, 0.3) is 0 Å². The minimum absolute atomic E-state index is 0.305. The molecule has 2 aromatic rings. The first kappa shape index (κ1) is 16.0. The molecular weight excluding hydrogens is 287 g/mol. The molecule has 0 saturated heterocycles. The average Bonchev–Trinajstić information content (AvgIpc) is 2.42. The number of benzene rings is 2. The molecule has 0 atom stereocenters. The molecule has 0 spiro atoms. The number of hydrogen-bond donors (Lipinski definition) is 1. The van der Waals surface area contributed by atoms with Crippen molar-refractivity contribution in [3.8, 4) is 0 Å². The molecule has 2 rings (SSSR count). The fraction of sp³-hybridized carbons (Fsp3) is 0.294. The molecule has 0 aliphatic rings. The van der Waals surface area contributed by atoms with Crippen molar-refractivity contribution in [1.29, 1.82) is 0 Å². The zero-order valence-corrected chi connectivity index (χ0v) is 13.1. The van der Waals surface area contributed by atoms with Crippen LogP contribution < -0.4 is 5.32 Å². The van der Waals surface area contributed by atoms with E-state index < -0.39 is 0 Å². The first-order chi connectivity index (χ1) is 10.1. The summed E-state index contributed by atoms with van der Waals surface area (Å²) in [5.41, 5.74) is 3.48. The smallest absolute Gasteiger partial charge is 0.124 e. The molecule has 0 heterocycles. The van der Waals surface area contributed by atoms with Gasteiger partial charge in [-0.25, -0.2) is 4.39 Å². The van der Waals surface area contributed by atoms with Gasteiger partial charge in [-0.15, -0.1) is 0 Å². The van der Waals surface area contributed by atoms with Crippen LogP contribution >= 0.6 is 11.6 Å². The van der Waals surface area contributed by atoms with Gasteiger partial charge in [0.2, 0.25) is 0 Å². The maximum absolute atomic E-state index is 13.0. The van der Waals surface area contributed by atoms with Gasteiger partial charge in [-0.3, -0.25) is 0 Å². The summed E-state index contributed by atoms with van der Waals surface area (Å²) in [4.78, 5) is 2.15. The Bertz CT molecular complexity index is 599. The van der Waals surface area contributed by atoms with Gasteiger partial charge in [0.15, 0.2) is 0 Å². The van der Waals surface area contributed by atoms with Crippen molar-refractivity contribution in [2.45, 2.75) is 19.6 Å².